The summed E-state index contributed by atoms with van der Waals surface area (Å²) in [5.41, 5.74) is 7.40. The molecule has 0 unspecified atom stereocenters. The molecule has 2 aromatic heterocycles. The molecule has 0 atom stereocenters. The van der Waals surface area contributed by atoms with E-state index < -0.39 is 0 Å². The third-order valence-electron chi connectivity index (χ3n) is 4.27. The van der Waals surface area contributed by atoms with E-state index in [0.29, 0.717) is 0 Å². The molecule has 2 heteroatoms. The molecule has 0 fully saturated rings. The van der Waals surface area contributed by atoms with E-state index in [1.165, 1.54) is 11.1 Å². The van der Waals surface area contributed by atoms with Crippen LogP contribution in [0.2, 0.25) is 0 Å². The molecular weight excluding hydrogens is 304 g/mol. The van der Waals surface area contributed by atoms with Crippen molar-refractivity contribution >= 4 is 0 Å². The number of pyridine rings is 2. The van der Waals surface area contributed by atoms with Gasteiger partial charge in [0, 0.05) is 11.8 Å². The number of benzene rings is 2. The van der Waals surface area contributed by atoms with Crippen molar-refractivity contribution in [1.29, 1.82) is 0 Å². The zero-order chi connectivity index (χ0) is 17.1. The molecule has 4 aromatic rings. The lowest BCUT2D eigenvalue weighted by Gasteiger charge is -2.09. The quantitative estimate of drug-likeness (QED) is 0.477. The maximum Gasteiger partial charge on any atom is 0.0893 e. The van der Waals surface area contributed by atoms with Crippen LogP contribution < -0.4 is 0 Å². The van der Waals surface area contributed by atoms with Crippen LogP contribution in [0.25, 0.3) is 33.8 Å². The summed E-state index contributed by atoms with van der Waals surface area (Å²) in [6.07, 6.45) is 1.93. The highest BCUT2D eigenvalue weighted by atomic mass is 14.8. The molecule has 120 valence electrons. The van der Waals surface area contributed by atoms with Crippen molar-refractivity contribution in [3.05, 3.63) is 96.7 Å². The number of hydrogen-bond donors (Lipinski definition) is 0. The van der Waals surface area contributed by atoms with Gasteiger partial charge in [-0.1, -0.05) is 66.7 Å². The van der Waals surface area contributed by atoms with Gasteiger partial charge < -0.3 is 0 Å². The Morgan fingerprint density at radius 3 is 1.96 bits per heavy atom. The second-order valence-corrected chi connectivity index (χ2v) is 6.02. The van der Waals surface area contributed by atoms with Gasteiger partial charge in [-0.05, 0) is 41.8 Å². The summed E-state index contributed by atoms with van der Waals surface area (Å²) in [5.74, 6) is 0. The van der Waals surface area contributed by atoms with Gasteiger partial charge in [-0.25, -0.2) is 4.98 Å². The highest BCUT2D eigenvalue weighted by Crippen LogP contribution is 2.28. The van der Waals surface area contributed by atoms with Crippen LogP contribution >= 0.6 is 0 Å². The fourth-order valence-corrected chi connectivity index (χ4v) is 2.94. The Morgan fingerprint density at radius 1 is 0.600 bits per heavy atom. The monoisotopic (exact) mass is 322 g/mol. The fraction of sp³-hybridized carbons (Fsp3) is 0.0435. The van der Waals surface area contributed by atoms with Crippen LogP contribution in [0.3, 0.4) is 0 Å². The topological polar surface area (TPSA) is 25.8 Å². The molecule has 0 spiro atoms. The van der Waals surface area contributed by atoms with Crippen molar-refractivity contribution in [1.82, 2.24) is 9.97 Å². The molecule has 25 heavy (non-hydrogen) atoms. The smallest absolute Gasteiger partial charge is 0.0893 e. The molecule has 0 bridgehead atoms. The van der Waals surface area contributed by atoms with E-state index >= 15 is 0 Å². The van der Waals surface area contributed by atoms with Crippen molar-refractivity contribution in [3.8, 4) is 33.8 Å². The lowest BCUT2D eigenvalue weighted by Crippen LogP contribution is -1.93. The third-order valence-corrected chi connectivity index (χ3v) is 4.27. The van der Waals surface area contributed by atoms with E-state index in [0.717, 1.165) is 28.2 Å². The third kappa shape index (κ3) is 3.20. The molecule has 2 aromatic carbocycles. The molecule has 0 aliphatic heterocycles. The largest absolute Gasteiger partial charge is 0.254 e. The summed E-state index contributed by atoms with van der Waals surface area (Å²) in [4.78, 5) is 9.42. The van der Waals surface area contributed by atoms with E-state index in [9.17, 15) is 0 Å². The van der Waals surface area contributed by atoms with Gasteiger partial charge in [0.2, 0.25) is 0 Å². The van der Waals surface area contributed by atoms with Gasteiger partial charge in [0.25, 0.3) is 0 Å². The van der Waals surface area contributed by atoms with Gasteiger partial charge in [0.15, 0.2) is 0 Å². The van der Waals surface area contributed by atoms with Crippen molar-refractivity contribution in [2.24, 2.45) is 0 Å². The van der Waals surface area contributed by atoms with Gasteiger partial charge in [0.1, 0.15) is 0 Å². The molecular formula is C23H18N2. The number of rotatable bonds is 3. The number of aryl methyl sites for hydroxylation is 1. The van der Waals surface area contributed by atoms with Crippen molar-refractivity contribution in [2.75, 3.05) is 0 Å². The first-order valence-corrected chi connectivity index (χ1v) is 8.36. The lowest BCUT2D eigenvalue weighted by molar-refractivity contribution is 1.22. The Kier molecular flexibility index (Phi) is 4.09. The normalized spacial score (nSPS) is 10.6. The second kappa shape index (κ2) is 6.70. The Bertz CT molecular complexity index is 993. The first kappa shape index (κ1) is 15.3. The molecule has 0 radical (unpaired) electrons. The number of nitrogens with zero attached hydrogens (tertiary/aromatic N) is 2. The predicted octanol–water partition coefficient (Wildman–Crippen LogP) is 5.79. The maximum atomic E-state index is 4.82. The summed E-state index contributed by atoms with van der Waals surface area (Å²) >= 11 is 0. The van der Waals surface area contributed by atoms with Crippen molar-refractivity contribution in [2.45, 2.75) is 6.92 Å². The van der Waals surface area contributed by atoms with Gasteiger partial charge in [0.05, 0.1) is 17.1 Å². The maximum absolute atomic E-state index is 4.82. The standard InChI is InChI=1S/C23H18N2/c1-17-16-24-23(15-20(17)18-9-4-2-5-10-18)22-14-8-13-21(25-22)19-11-6-3-7-12-19/h2-16H,1H3. The highest BCUT2D eigenvalue weighted by molar-refractivity contribution is 5.72. The van der Waals surface area contributed by atoms with Crippen LogP contribution in [-0.2, 0) is 0 Å². The van der Waals surface area contributed by atoms with E-state index in [1.807, 2.05) is 48.7 Å². The Morgan fingerprint density at radius 2 is 1.24 bits per heavy atom. The highest BCUT2D eigenvalue weighted by Gasteiger charge is 2.08. The minimum Gasteiger partial charge on any atom is -0.254 e. The van der Waals surface area contributed by atoms with Crippen LogP contribution in [0.1, 0.15) is 5.56 Å². The average Bonchev–Trinajstić information content (AvgIpc) is 2.70. The molecule has 2 nitrogen and oxygen atoms in total. The van der Waals surface area contributed by atoms with Crippen molar-refractivity contribution in [3.63, 3.8) is 0 Å². The van der Waals surface area contributed by atoms with E-state index in [1.54, 1.807) is 0 Å². The first-order chi connectivity index (χ1) is 12.3. The minimum atomic E-state index is 0.888. The number of aromatic nitrogens is 2. The van der Waals surface area contributed by atoms with Crippen LogP contribution in [0.15, 0.2) is 91.1 Å². The van der Waals surface area contributed by atoms with E-state index in [2.05, 4.69) is 54.4 Å². The van der Waals surface area contributed by atoms with E-state index in [-0.39, 0.29) is 0 Å². The van der Waals surface area contributed by atoms with Gasteiger partial charge >= 0.3 is 0 Å². The zero-order valence-corrected chi connectivity index (χ0v) is 14.1. The van der Waals surface area contributed by atoms with Crippen molar-refractivity contribution < 1.29 is 0 Å². The second-order valence-electron chi connectivity index (χ2n) is 6.02. The Balaban J connectivity index is 1.78. The number of hydrogen-bond acceptors (Lipinski definition) is 2. The summed E-state index contributed by atoms with van der Waals surface area (Å²) in [6, 6.07) is 28.8. The zero-order valence-electron chi connectivity index (χ0n) is 14.1. The molecule has 0 aliphatic rings. The van der Waals surface area contributed by atoms with Crippen LogP contribution in [0.5, 0.6) is 0 Å². The molecule has 0 N–H and O–H groups in total. The van der Waals surface area contributed by atoms with Crippen LogP contribution in [0, 0.1) is 6.92 Å². The molecule has 0 saturated carbocycles. The summed E-state index contributed by atoms with van der Waals surface area (Å²) < 4.78 is 0. The molecule has 2 heterocycles. The molecule has 4 rings (SSSR count). The first-order valence-electron chi connectivity index (χ1n) is 8.36. The fourth-order valence-electron chi connectivity index (χ4n) is 2.94. The van der Waals surface area contributed by atoms with E-state index in [4.69, 9.17) is 4.98 Å². The minimum absolute atomic E-state index is 0.888. The average molecular weight is 322 g/mol. The Hall–Kier alpha value is -3.26. The summed E-state index contributed by atoms with van der Waals surface area (Å²) in [7, 11) is 0. The van der Waals surface area contributed by atoms with Gasteiger partial charge in [-0.3, -0.25) is 4.98 Å². The van der Waals surface area contributed by atoms with Crippen LogP contribution in [-0.4, -0.2) is 9.97 Å². The SMILES string of the molecule is Cc1cnc(-c2cccc(-c3ccccc3)n2)cc1-c1ccccc1. The van der Waals surface area contributed by atoms with Crippen LogP contribution in [0.4, 0.5) is 0 Å². The summed E-state index contributed by atoms with van der Waals surface area (Å²) in [6.45, 7) is 2.09. The van der Waals surface area contributed by atoms with Gasteiger partial charge in [-0.2, -0.15) is 0 Å². The Labute approximate surface area is 147 Å². The van der Waals surface area contributed by atoms with Gasteiger partial charge in [-0.15, -0.1) is 0 Å². The molecule has 0 saturated heterocycles. The lowest BCUT2D eigenvalue weighted by atomic mass is 10.0. The predicted molar refractivity (Wildman–Crippen MR) is 103 cm³/mol. The molecule has 0 aliphatic carbocycles. The summed E-state index contributed by atoms with van der Waals surface area (Å²) in [5, 5.41) is 0. The molecule has 0 amide bonds.